The highest BCUT2D eigenvalue weighted by Crippen LogP contribution is 2.27. The molecule has 2 rings (SSSR count). The Labute approximate surface area is 140 Å². The monoisotopic (exact) mass is 430 g/mol. The maximum atomic E-state index is 12.6. The Hall–Kier alpha value is -0.980. The Morgan fingerprint density at radius 1 is 1.05 bits per heavy atom. The van der Waals surface area contributed by atoms with E-state index in [1.165, 1.54) is 12.1 Å². The number of aryl methyl sites for hydroxylation is 1. The smallest absolute Gasteiger partial charge is 0.194 e. The van der Waals surface area contributed by atoms with Crippen molar-refractivity contribution in [3.05, 3.63) is 62.0 Å². The number of carbonyl (C=O) groups excluding carboxylic acids is 1. The fraction of sp³-hybridized carbons (Fsp3) is 0.133. The standard InChI is InChI=1S/C15H12Br2O3S/c1-9-6-14(17)12(8-13(9)16)15(18)10-4-3-5-11(7-10)21(2,19)20/h3-8H,1-2H3. The molecule has 0 unspecified atom stereocenters. The summed E-state index contributed by atoms with van der Waals surface area (Å²) in [5.41, 5.74) is 1.83. The first-order valence-corrected chi connectivity index (χ1v) is 9.48. The van der Waals surface area contributed by atoms with Crippen LogP contribution in [0.1, 0.15) is 21.5 Å². The molecular formula is C15H12Br2O3S. The van der Waals surface area contributed by atoms with Crippen LogP contribution in [0, 0.1) is 6.92 Å². The summed E-state index contributed by atoms with van der Waals surface area (Å²) in [6.07, 6.45) is 1.12. The largest absolute Gasteiger partial charge is 0.289 e. The second-order valence-electron chi connectivity index (χ2n) is 4.71. The van der Waals surface area contributed by atoms with Crippen molar-refractivity contribution < 1.29 is 13.2 Å². The third-order valence-corrected chi connectivity index (χ3v) is 5.64. The van der Waals surface area contributed by atoms with Gasteiger partial charge in [-0.2, -0.15) is 0 Å². The minimum atomic E-state index is -3.34. The molecule has 0 saturated heterocycles. The molecule has 3 nitrogen and oxygen atoms in total. The van der Waals surface area contributed by atoms with Crippen LogP contribution in [0.15, 0.2) is 50.2 Å². The summed E-state index contributed by atoms with van der Waals surface area (Å²) in [4.78, 5) is 12.7. The Kier molecular flexibility index (Phi) is 4.70. The van der Waals surface area contributed by atoms with E-state index in [0.717, 1.165) is 16.3 Å². The summed E-state index contributed by atoms with van der Waals surface area (Å²) in [7, 11) is -3.34. The maximum absolute atomic E-state index is 12.6. The van der Waals surface area contributed by atoms with Crippen molar-refractivity contribution in [3.63, 3.8) is 0 Å². The number of hydrogen-bond acceptors (Lipinski definition) is 3. The van der Waals surface area contributed by atoms with Crippen molar-refractivity contribution in [1.82, 2.24) is 0 Å². The highest BCUT2D eigenvalue weighted by molar-refractivity contribution is 9.11. The van der Waals surface area contributed by atoms with E-state index in [2.05, 4.69) is 31.9 Å². The minimum absolute atomic E-state index is 0.135. The lowest BCUT2D eigenvalue weighted by Gasteiger charge is -2.08. The molecule has 0 saturated carbocycles. The van der Waals surface area contributed by atoms with Crippen LogP contribution in [-0.2, 0) is 9.84 Å². The SMILES string of the molecule is Cc1cc(Br)c(C(=O)c2cccc(S(C)(=O)=O)c2)cc1Br. The van der Waals surface area contributed by atoms with Gasteiger partial charge in [-0.05, 0) is 36.8 Å². The summed E-state index contributed by atoms with van der Waals surface area (Å²) in [5.74, 6) is -0.229. The van der Waals surface area contributed by atoms with Crippen LogP contribution in [0.25, 0.3) is 0 Å². The number of rotatable bonds is 3. The molecule has 110 valence electrons. The van der Waals surface area contributed by atoms with Crippen LogP contribution >= 0.6 is 31.9 Å². The van der Waals surface area contributed by atoms with Gasteiger partial charge in [-0.1, -0.05) is 44.0 Å². The fourth-order valence-corrected chi connectivity index (χ4v) is 3.49. The van der Waals surface area contributed by atoms with Gasteiger partial charge in [0, 0.05) is 26.3 Å². The van der Waals surface area contributed by atoms with Gasteiger partial charge in [-0.15, -0.1) is 0 Å². The molecule has 0 fully saturated rings. The van der Waals surface area contributed by atoms with Crippen LogP contribution in [0.3, 0.4) is 0 Å². The molecule has 0 aliphatic carbocycles. The summed E-state index contributed by atoms with van der Waals surface area (Å²) < 4.78 is 24.7. The van der Waals surface area contributed by atoms with Gasteiger partial charge >= 0.3 is 0 Å². The van der Waals surface area contributed by atoms with Gasteiger partial charge in [0.05, 0.1) is 4.90 Å². The molecule has 0 atom stereocenters. The van der Waals surface area contributed by atoms with E-state index in [4.69, 9.17) is 0 Å². The predicted octanol–water partition coefficient (Wildman–Crippen LogP) is 4.15. The molecule has 21 heavy (non-hydrogen) atoms. The fourth-order valence-electron chi connectivity index (χ4n) is 1.84. The molecule has 0 spiro atoms. The number of ketones is 1. The zero-order valence-corrected chi connectivity index (χ0v) is 15.3. The first-order valence-electron chi connectivity index (χ1n) is 6.00. The van der Waals surface area contributed by atoms with Crippen LogP contribution < -0.4 is 0 Å². The van der Waals surface area contributed by atoms with E-state index in [1.807, 2.05) is 13.0 Å². The molecule has 0 aromatic heterocycles. The summed E-state index contributed by atoms with van der Waals surface area (Å²) >= 11 is 6.78. The Morgan fingerprint density at radius 2 is 1.71 bits per heavy atom. The van der Waals surface area contributed by atoms with Gasteiger partial charge in [0.25, 0.3) is 0 Å². The summed E-state index contributed by atoms with van der Waals surface area (Å²) in [6, 6.07) is 9.63. The molecule has 0 heterocycles. The number of carbonyl (C=O) groups is 1. The lowest BCUT2D eigenvalue weighted by atomic mass is 10.0. The Bertz CT molecular complexity index is 827. The lowest BCUT2D eigenvalue weighted by Crippen LogP contribution is -2.05. The summed E-state index contributed by atoms with van der Waals surface area (Å²) in [6.45, 7) is 1.92. The molecule has 0 amide bonds. The van der Waals surface area contributed by atoms with E-state index in [9.17, 15) is 13.2 Å². The van der Waals surface area contributed by atoms with E-state index in [-0.39, 0.29) is 10.7 Å². The van der Waals surface area contributed by atoms with Crippen molar-refractivity contribution in [3.8, 4) is 0 Å². The van der Waals surface area contributed by atoms with Gasteiger partial charge in [-0.3, -0.25) is 4.79 Å². The van der Waals surface area contributed by atoms with Crippen molar-refractivity contribution >= 4 is 47.5 Å². The normalized spacial score (nSPS) is 11.4. The van der Waals surface area contributed by atoms with Gasteiger partial charge in [0.2, 0.25) is 0 Å². The molecule has 0 radical (unpaired) electrons. The third-order valence-electron chi connectivity index (χ3n) is 3.02. The summed E-state index contributed by atoms with van der Waals surface area (Å²) in [5, 5.41) is 0. The first-order chi connectivity index (χ1) is 9.70. The molecular weight excluding hydrogens is 420 g/mol. The number of hydrogen-bond donors (Lipinski definition) is 0. The molecule has 0 N–H and O–H groups in total. The zero-order valence-electron chi connectivity index (χ0n) is 11.4. The predicted molar refractivity (Wildman–Crippen MR) is 89.6 cm³/mol. The van der Waals surface area contributed by atoms with Crippen molar-refractivity contribution in [2.45, 2.75) is 11.8 Å². The quantitative estimate of drug-likeness (QED) is 0.685. The van der Waals surface area contributed by atoms with Crippen molar-refractivity contribution in [1.29, 1.82) is 0 Å². The zero-order chi connectivity index (χ0) is 15.8. The average Bonchev–Trinajstić information content (AvgIpc) is 2.41. The second kappa shape index (κ2) is 6.02. The third kappa shape index (κ3) is 3.62. The van der Waals surface area contributed by atoms with Crippen LogP contribution in [0.4, 0.5) is 0 Å². The molecule has 0 aliphatic heterocycles. The topological polar surface area (TPSA) is 51.2 Å². The van der Waals surface area contributed by atoms with Gasteiger partial charge in [0.1, 0.15) is 0 Å². The van der Waals surface area contributed by atoms with Crippen LogP contribution in [-0.4, -0.2) is 20.5 Å². The van der Waals surface area contributed by atoms with E-state index in [1.54, 1.807) is 18.2 Å². The molecule has 0 bridgehead atoms. The molecule has 0 aliphatic rings. The number of sulfone groups is 1. The average molecular weight is 432 g/mol. The van der Waals surface area contributed by atoms with Crippen LogP contribution in [0.5, 0.6) is 0 Å². The Balaban J connectivity index is 2.53. The lowest BCUT2D eigenvalue weighted by molar-refractivity contribution is 0.103. The highest BCUT2D eigenvalue weighted by Gasteiger charge is 2.16. The molecule has 2 aromatic rings. The highest BCUT2D eigenvalue weighted by atomic mass is 79.9. The number of benzene rings is 2. The second-order valence-corrected chi connectivity index (χ2v) is 8.43. The van der Waals surface area contributed by atoms with E-state index in [0.29, 0.717) is 15.6 Å². The number of halogens is 2. The molecule has 6 heteroatoms. The maximum Gasteiger partial charge on any atom is 0.194 e. The van der Waals surface area contributed by atoms with Crippen molar-refractivity contribution in [2.24, 2.45) is 0 Å². The van der Waals surface area contributed by atoms with Gasteiger partial charge in [-0.25, -0.2) is 8.42 Å². The van der Waals surface area contributed by atoms with Crippen LogP contribution in [0.2, 0.25) is 0 Å². The van der Waals surface area contributed by atoms with Crippen molar-refractivity contribution in [2.75, 3.05) is 6.26 Å². The minimum Gasteiger partial charge on any atom is -0.289 e. The van der Waals surface area contributed by atoms with E-state index >= 15 is 0 Å². The van der Waals surface area contributed by atoms with Gasteiger partial charge < -0.3 is 0 Å². The van der Waals surface area contributed by atoms with Gasteiger partial charge in [0.15, 0.2) is 15.6 Å². The van der Waals surface area contributed by atoms with E-state index < -0.39 is 9.84 Å². The Morgan fingerprint density at radius 3 is 2.33 bits per heavy atom. The first kappa shape index (κ1) is 16.4. The molecule has 2 aromatic carbocycles.